The van der Waals surface area contributed by atoms with E-state index >= 15 is 0 Å². The molecular weight excluding hydrogens is 440 g/mol. The summed E-state index contributed by atoms with van der Waals surface area (Å²) in [5.74, 6) is 0.561. The van der Waals surface area contributed by atoms with Gasteiger partial charge in [0.25, 0.3) is 5.91 Å². The van der Waals surface area contributed by atoms with Gasteiger partial charge in [-0.15, -0.1) is 0 Å². The standard InChI is InChI=1S/C25H30N2O7/c1-15(2)33-23-20(31-4)9-7-17-13-18(25(30)34-22(17)23)24(29)26-19-8-6-16(12-21(19)32-5)14-27(3)10-11-28/h6-9,12-13,15,28H,10-11,14H2,1-5H3,(H,26,29). The van der Waals surface area contributed by atoms with Crippen LogP contribution >= 0.6 is 0 Å². The number of carbonyl (C=O) groups is 1. The van der Waals surface area contributed by atoms with E-state index in [2.05, 4.69) is 5.32 Å². The Bertz CT molecular complexity index is 1220. The molecule has 0 aliphatic rings. The van der Waals surface area contributed by atoms with E-state index in [1.165, 1.54) is 20.3 Å². The van der Waals surface area contributed by atoms with Crippen LogP contribution in [0.2, 0.25) is 0 Å². The smallest absolute Gasteiger partial charge is 0.349 e. The monoisotopic (exact) mass is 470 g/mol. The van der Waals surface area contributed by atoms with E-state index in [-0.39, 0.29) is 23.9 Å². The molecule has 1 aromatic heterocycles. The third-order valence-electron chi connectivity index (χ3n) is 5.09. The van der Waals surface area contributed by atoms with Gasteiger partial charge in [0.15, 0.2) is 11.3 Å². The van der Waals surface area contributed by atoms with Gasteiger partial charge >= 0.3 is 5.63 Å². The molecule has 0 aliphatic carbocycles. The predicted molar refractivity (Wildman–Crippen MR) is 129 cm³/mol. The zero-order valence-electron chi connectivity index (χ0n) is 20.0. The van der Waals surface area contributed by atoms with Gasteiger partial charge in [-0.25, -0.2) is 4.79 Å². The number of amides is 1. The normalized spacial score (nSPS) is 11.2. The molecule has 9 heteroatoms. The first-order valence-corrected chi connectivity index (χ1v) is 10.9. The number of hydrogen-bond acceptors (Lipinski definition) is 8. The summed E-state index contributed by atoms with van der Waals surface area (Å²) in [7, 11) is 4.89. The van der Waals surface area contributed by atoms with Crippen molar-refractivity contribution in [3.05, 3.63) is 57.9 Å². The maximum absolute atomic E-state index is 13.0. The van der Waals surface area contributed by atoms with Gasteiger partial charge in [0, 0.05) is 18.5 Å². The van der Waals surface area contributed by atoms with Gasteiger partial charge < -0.3 is 29.1 Å². The van der Waals surface area contributed by atoms with Crippen LogP contribution in [0, 0.1) is 0 Å². The van der Waals surface area contributed by atoms with E-state index < -0.39 is 11.5 Å². The molecule has 3 rings (SSSR count). The highest BCUT2D eigenvalue weighted by Crippen LogP contribution is 2.36. The van der Waals surface area contributed by atoms with Crippen LogP contribution in [0.5, 0.6) is 17.2 Å². The molecule has 0 spiro atoms. The average molecular weight is 471 g/mol. The van der Waals surface area contributed by atoms with Crippen LogP contribution in [-0.4, -0.2) is 56.4 Å². The summed E-state index contributed by atoms with van der Waals surface area (Å²) in [4.78, 5) is 27.6. The largest absolute Gasteiger partial charge is 0.495 e. The summed E-state index contributed by atoms with van der Waals surface area (Å²) in [6, 6.07) is 10.2. The molecule has 2 N–H and O–H groups in total. The van der Waals surface area contributed by atoms with Gasteiger partial charge in [-0.05, 0) is 56.8 Å². The zero-order chi connectivity index (χ0) is 24.8. The molecule has 0 aliphatic heterocycles. The lowest BCUT2D eigenvalue weighted by Crippen LogP contribution is -2.22. The van der Waals surface area contributed by atoms with Crippen LogP contribution in [0.15, 0.2) is 45.6 Å². The number of nitrogens with one attached hydrogen (secondary N) is 1. The first-order valence-electron chi connectivity index (χ1n) is 10.9. The van der Waals surface area contributed by atoms with Crippen LogP contribution in [0.25, 0.3) is 11.0 Å². The van der Waals surface area contributed by atoms with E-state index in [4.69, 9.17) is 23.7 Å². The number of ether oxygens (including phenoxy) is 3. The highest BCUT2D eigenvalue weighted by Gasteiger charge is 2.20. The third kappa shape index (κ3) is 5.67. The van der Waals surface area contributed by atoms with Gasteiger partial charge in [0.1, 0.15) is 11.3 Å². The summed E-state index contributed by atoms with van der Waals surface area (Å²) < 4.78 is 22.0. The van der Waals surface area contributed by atoms with Gasteiger partial charge in [0.05, 0.1) is 32.6 Å². The Hall–Kier alpha value is -3.56. The molecule has 182 valence electrons. The molecule has 0 unspecified atom stereocenters. The molecule has 0 saturated heterocycles. The van der Waals surface area contributed by atoms with Crippen molar-refractivity contribution in [3.8, 4) is 17.2 Å². The second-order valence-electron chi connectivity index (χ2n) is 8.08. The number of hydrogen-bond donors (Lipinski definition) is 2. The van der Waals surface area contributed by atoms with E-state index in [0.717, 1.165) is 5.56 Å². The molecule has 34 heavy (non-hydrogen) atoms. The lowest BCUT2D eigenvalue weighted by Gasteiger charge is -2.17. The van der Waals surface area contributed by atoms with Crippen molar-refractivity contribution in [2.24, 2.45) is 0 Å². The van der Waals surface area contributed by atoms with Crippen molar-refractivity contribution in [3.63, 3.8) is 0 Å². The molecule has 9 nitrogen and oxygen atoms in total. The van der Waals surface area contributed by atoms with Crippen molar-refractivity contribution >= 4 is 22.6 Å². The molecule has 0 fully saturated rings. The predicted octanol–water partition coefficient (Wildman–Crippen LogP) is 3.27. The Morgan fingerprint density at radius 2 is 1.85 bits per heavy atom. The Kier molecular flexibility index (Phi) is 8.14. The maximum Gasteiger partial charge on any atom is 0.349 e. The molecule has 0 saturated carbocycles. The van der Waals surface area contributed by atoms with E-state index in [1.54, 1.807) is 24.3 Å². The quantitative estimate of drug-likeness (QED) is 0.435. The number of anilines is 1. The Labute approximate surface area is 197 Å². The minimum absolute atomic E-state index is 0.0635. The summed E-state index contributed by atoms with van der Waals surface area (Å²) in [6.07, 6.45) is -0.174. The fraction of sp³-hybridized carbons (Fsp3) is 0.360. The van der Waals surface area contributed by atoms with Gasteiger partial charge in [0.2, 0.25) is 5.75 Å². The number of aliphatic hydroxyl groups excluding tert-OH is 1. The van der Waals surface area contributed by atoms with Crippen molar-refractivity contribution in [2.45, 2.75) is 26.5 Å². The van der Waals surface area contributed by atoms with E-state index in [0.29, 0.717) is 41.4 Å². The number of aliphatic hydroxyl groups is 1. The van der Waals surface area contributed by atoms with Crippen LogP contribution < -0.4 is 25.2 Å². The number of likely N-dealkylation sites (N-methyl/N-ethyl adjacent to an activating group) is 1. The molecule has 1 heterocycles. The highest BCUT2D eigenvalue weighted by atomic mass is 16.5. The van der Waals surface area contributed by atoms with E-state index in [9.17, 15) is 9.59 Å². The van der Waals surface area contributed by atoms with Crippen molar-refractivity contribution in [1.29, 1.82) is 0 Å². The van der Waals surface area contributed by atoms with Crippen LogP contribution in [0.4, 0.5) is 5.69 Å². The Balaban J connectivity index is 1.91. The molecular formula is C25H30N2O7. The minimum atomic E-state index is -0.798. The fourth-order valence-corrected chi connectivity index (χ4v) is 3.50. The van der Waals surface area contributed by atoms with Crippen molar-refractivity contribution in [2.75, 3.05) is 39.7 Å². The summed E-state index contributed by atoms with van der Waals surface area (Å²) in [6.45, 7) is 4.90. The molecule has 3 aromatic rings. The Morgan fingerprint density at radius 3 is 2.50 bits per heavy atom. The summed E-state index contributed by atoms with van der Waals surface area (Å²) >= 11 is 0. The first kappa shape index (κ1) is 25.1. The van der Waals surface area contributed by atoms with Crippen LogP contribution in [-0.2, 0) is 6.54 Å². The lowest BCUT2D eigenvalue weighted by molar-refractivity contribution is 0.102. The van der Waals surface area contributed by atoms with Crippen LogP contribution in [0.3, 0.4) is 0 Å². The highest BCUT2D eigenvalue weighted by molar-refractivity contribution is 6.06. The van der Waals surface area contributed by atoms with Gasteiger partial charge in [-0.3, -0.25) is 9.69 Å². The number of fused-ring (bicyclic) bond motifs is 1. The molecule has 0 atom stereocenters. The molecule has 0 radical (unpaired) electrons. The fourth-order valence-electron chi connectivity index (χ4n) is 3.50. The third-order valence-corrected chi connectivity index (χ3v) is 5.09. The minimum Gasteiger partial charge on any atom is -0.495 e. The lowest BCUT2D eigenvalue weighted by atomic mass is 10.1. The second-order valence-corrected chi connectivity index (χ2v) is 8.08. The Morgan fingerprint density at radius 1 is 1.12 bits per heavy atom. The summed E-state index contributed by atoms with van der Waals surface area (Å²) in [5.41, 5.74) is 0.625. The second kappa shape index (κ2) is 11.0. The summed E-state index contributed by atoms with van der Waals surface area (Å²) in [5, 5.41) is 12.3. The number of methoxy groups -OCH3 is 2. The first-order chi connectivity index (χ1) is 16.3. The SMILES string of the molecule is COc1cc(CN(C)CCO)ccc1NC(=O)c1cc2ccc(OC)c(OC(C)C)c2oc1=O. The molecule has 2 aromatic carbocycles. The van der Waals surface area contributed by atoms with Crippen LogP contribution in [0.1, 0.15) is 29.8 Å². The number of carbonyl (C=O) groups excluding carboxylic acids is 1. The van der Waals surface area contributed by atoms with Gasteiger partial charge in [-0.2, -0.15) is 0 Å². The number of nitrogens with zero attached hydrogens (tertiary/aromatic N) is 1. The molecule has 0 bridgehead atoms. The van der Waals surface area contributed by atoms with Crippen molar-refractivity contribution < 1.29 is 28.5 Å². The number of rotatable bonds is 10. The topological polar surface area (TPSA) is 110 Å². The maximum atomic E-state index is 13.0. The number of benzene rings is 2. The van der Waals surface area contributed by atoms with E-state index in [1.807, 2.05) is 31.9 Å². The average Bonchev–Trinajstić information content (AvgIpc) is 2.79. The molecule has 1 amide bonds. The zero-order valence-corrected chi connectivity index (χ0v) is 20.0. The van der Waals surface area contributed by atoms with Crippen molar-refractivity contribution in [1.82, 2.24) is 4.90 Å². The van der Waals surface area contributed by atoms with Gasteiger partial charge in [-0.1, -0.05) is 6.07 Å².